The average molecular weight is 504 g/mol. The highest BCUT2D eigenvalue weighted by Gasteiger charge is 2.39. The Balaban J connectivity index is 1.73. The van der Waals surface area contributed by atoms with Crippen LogP contribution in [0.2, 0.25) is 0 Å². The van der Waals surface area contributed by atoms with Gasteiger partial charge in [-0.25, -0.2) is 0 Å². The maximum Gasteiger partial charge on any atom is 0.172 e. The molecule has 38 heavy (non-hydrogen) atoms. The summed E-state index contributed by atoms with van der Waals surface area (Å²) >= 11 is 0. The van der Waals surface area contributed by atoms with E-state index in [9.17, 15) is 0 Å². The minimum Gasteiger partial charge on any atom is -0.309 e. The first-order chi connectivity index (χ1) is 18.8. The molecule has 178 valence electrons. The molecular formula is C35H22NOP. The van der Waals surface area contributed by atoms with Gasteiger partial charge < -0.3 is 4.57 Å². The van der Waals surface area contributed by atoms with E-state index >= 15 is 4.57 Å². The van der Waals surface area contributed by atoms with E-state index in [0.29, 0.717) is 0 Å². The number of hydrogen-bond acceptors (Lipinski definition) is 2. The van der Waals surface area contributed by atoms with Gasteiger partial charge in [0.05, 0.1) is 5.52 Å². The molecule has 1 aromatic heterocycles. The number of rotatable bonds is 1. The van der Waals surface area contributed by atoms with Gasteiger partial charge >= 0.3 is 0 Å². The zero-order valence-electron chi connectivity index (χ0n) is 20.5. The van der Waals surface area contributed by atoms with Gasteiger partial charge in [0.2, 0.25) is 0 Å². The van der Waals surface area contributed by atoms with Crippen LogP contribution < -0.4 is 15.9 Å². The molecule has 6 aromatic carbocycles. The topological polar surface area (TPSA) is 30.0 Å². The molecule has 1 unspecified atom stereocenters. The van der Waals surface area contributed by atoms with Crippen LogP contribution in [0.25, 0.3) is 54.7 Å². The number of fused-ring (bicyclic) bond motifs is 12. The molecule has 0 amide bonds. The van der Waals surface area contributed by atoms with E-state index in [4.69, 9.17) is 4.98 Å². The van der Waals surface area contributed by atoms with Crippen LogP contribution in [0.3, 0.4) is 0 Å². The number of benzene rings is 6. The minimum absolute atomic E-state index is 0.846. The highest BCUT2D eigenvalue weighted by atomic mass is 31.2. The van der Waals surface area contributed by atoms with Crippen molar-refractivity contribution in [2.24, 2.45) is 0 Å². The first-order valence-corrected chi connectivity index (χ1v) is 14.6. The fourth-order valence-electron chi connectivity index (χ4n) is 6.32. The Morgan fingerprint density at radius 2 is 1.16 bits per heavy atom. The van der Waals surface area contributed by atoms with Crippen LogP contribution in [0.5, 0.6) is 0 Å². The fraction of sp³-hybridized carbons (Fsp3) is 0. The summed E-state index contributed by atoms with van der Waals surface area (Å²) in [5, 5.41) is 8.24. The van der Waals surface area contributed by atoms with E-state index in [0.717, 1.165) is 70.6 Å². The SMILES string of the molecule is O=P1(c2ccccc2)c2ccccc2-c2c(c3ccccc3c3cccnc23)-c2c1ccc1ccccc21. The van der Waals surface area contributed by atoms with Crippen molar-refractivity contribution < 1.29 is 4.57 Å². The van der Waals surface area contributed by atoms with Gasteiger partial charge in [0.15, 0.2) is 7.14 Å². The zero-order chi connectivity index (χ0) is 25.3. The third-order valence-electron chi connectivity index (χ3n) is 7.91. The molecule has 0 N–H and O–H groups in total. The van der Waals surface area contributed by atoms with Crippen LogP contribution >= 0.6 is 7.14 Å². The molecule has 0 aliphatic carbocycles. The minimum atomic E-state index is -3.26. The van der Waals surface area contributed by atoms with Crippen molar-refractivity contribution in [2.45, 2.75) is 0 Å². The van der Waals surface area contributed by atoms with E-state index in [-0.39, 0.29) is 0 Å². The van der Waals surface area contributed by atoms with Crippen molar-refractivity contribution in [3.05, 3.63) is 134 Å². The second-order valence-electron chi connectivity index (χ2n) is 9.84. The van der Waals surface area contributed by atoms with Gasteiger partial charge in [-0.3, -0.25) is 4.98 Å². The molecule has 0 radical (unpaired) electrons. The Morgan fingerprint density at radius 1 is 0.474 bits per heavy atom. The third-order valence-corrected chi connectivity index (χ3v) is 11.1. The molecule has 2 nitrogen and oxygen atoms in total. The first kappa shape index (κ1) is 21.6. The van der Waals surface area contributed by atoms with Crippen LogP contribution in [0.4, 0.5) is 0 Å². The van der Waals surface area contributed by atoms with Crippen molar-refractivity contribution in [1.29, 1.82) is 0 Å². The molecule has 1 aliphatic heterocycles. The number of pyridine rings is 1. The van der Waals surface area contributed by atoms with Gasteiger partial charge in [0, 0.05) is 44.2 Å². The smallest absolute Gasteiger partial charge is 0.172 e. The average Bonchev–Trinajstić information content (AvgIpc) is 3.10. The lowest BCUT2D eigenvalue weighted by atomic mass is 9.85. The molecule has 3 heteroatoms. The summed E-state index contributed by atoms with van der Waals surface area (Å²) in [6, 6.07) is 43.6. The predicted molar refractivity (Wildman–Crippen MR) is 161 cm³/mol. The molecule has 1 aliphatic rings. The largest absolute Gasteiger partial charge is 0.309 e. The fourth-order valence-corrected chi connectivity index (χ4v) is 9.38. The van der Waals surface area contributed by atoms with Gasteiger partial charge in [0.1, 0.15) is 0 Å². The summed E-state index contributed by atoms with van der Waals surface area (Å²) in [6.07, 6.45) is 1.87. The highest BCUT2D eigenvalue weighted by molar-refractivity contribution is 7.85. The Kier molecular flexibility index (Phi) is 4.53. The Bertz CT molecular complexity index is 2110. The standard InChI is InChI=1S/C35H22NOP/c37-38(24-12-2-1-3-13-24)30-19-9-8-17-29(30)34-33(32-25-14-5-4-11-23(25)20-21-31(32)38)27-16-7-6-15-26(27)28-18-10-22-36-35(28)34/h1-22H. The molecule has 8 rings (SSSR count). The van der Waals surface area contributed by atoms with Crippen LogP contribution in [0.15, 0.2) is 134 Å². The summed E-state index contributed by atoms with van der Waals surface area (Å²) in [5.74, 6) is 0. The third kappa shape index (κ3) is 2.78. The molecule has 0 fully saturated rings. The van der Waals surface area contributed by atoms with E-state index in [1.54, 1.807) is 0 Å². The zero-order valence-corrected chi connectivity index (χ0v) is 21.4. The van der Waals surface area contributed by atoms with Gasteiger partial charge in [-0.05, 0) is 39.2 Å². The quantitative estimate of drug-likeness (QED) is 0.169. The van der Waals surface area contributed by atoms with Gasteiger partial charge in [-0.15, -0.1) is 0 Å². The molecule has 0 saturated carbocycles. The molecule has 2 heterocycles. The summed E-state index contributed by atoms with van der Waals surface area (Å²) in [7, 11) is -3.26. The van der Waals surface area contributed by atoms with Crippen LogP contribution in [0, 0.1) is 0 Å². The Hall–Kier alpha value is -4.52. The lowest BCUT2D eigenvalue weighted by molar-refractivity contribution is 0.592. The molecule has 0 saturated heterocycles. The molecular weight excluding hydrogens is 481 g/mol. The maximum absolute atomic E-state index is 15.9. The van der Waals surface area contributed by atoms with Gasteiger partial charge in [-0.2, -0.15) is 0 Å². The summed E-state index contributed by atoms with van der Waals surface area (Å²) in [4.78, 5) is 4.97. The molecule has 7 aromatic rings. The van der Waals surface area contributed by atoms with Crippen molar-refractivity contribution in [3.63, 3.8) is 0 Å². The first-order valence-electron chi connectivity index (χ1n) is 12.8. The lowest BCUT2D eigenvalue weighted by Gasteiger charge is -2.23. The normalized spacial score (nSPS) is 16.1. The number of hydrogen-bond donors (Lipinski definition) is 0. The van der Waals surface area contributed by atoms with E-state index in [2.05, 4.69) is 84.9 Å². The highest BCUT2D eigenvalue weighted by Crippen LogP contribution is 2.55. The predicted octanol–water partition coefficient (Wildman–Crippen LogP) is 7.83. The number of aromatic nitrogens is 1. The van der Waals surface area contributed by atoms with Crippen LogP contribution in [-0.4, -0.2) is 4.98 Å². The van der Waals surface area contributed by atoms with E-state index in [1.165, 1.54) is 0 Å². The second kappa shape index (κ2) is 7.99. The van der Waals surface area contributed by atoms with Gasteiger partial charge in [0.25, 0.3) is 0 Å². The van der Waals surface area contributed by atoms with Crippen LogP contribution in [-0.2, 0) is 4.57 Å². The van der Waals surface area contributed by atoms with E-state index < -0.39 is 7.14 Å². The van der Waals surface area contributed by atoms with Crippen LogP contribution in [0.1, 0.15) is 0 Å². The summed E-state index contributed by atoms with van der Waals surface area (Å²) < 4.78 is 15.9. The van der Waals surface area contributed by atoms with E-state index in [1.807, 2.05) is 48.7 Å². The van der Waals surface area contributed by atoms with Crippen molar-refractivity contribution >= 4 is 55.5 Å². The molecule has 0 bridgehead atoms. The molecule has 0 spiro atoms. The van der Waals surface area contributed by atoms with Crippen molar-refractivity contribution in [3.8, 4) is 22.3 Å². The second-order valence-corrected chi connectivity index (χ2v) is 12.5. The molecule has 1 atom stereocenters. The number of nitrogens with zero attached hydrogens (tertiary/aromatic N) is 1. The summed E-state index contributed by atoms with van der Waals surface area (Å²) in [6.45, 7) is 0. The monoisotopic (exact) mass is 503 g/mol. The Labute approximate surface area is 220 Å². The lowest BCUT2D eigenvalue weighted by Crippen LogP contribution is -2.26. The van der Waals surface area contributed by atoms with Crippen molar-refractivity contribution in [2.75, 3.05) is 0 Å². The maximum atomic E-state index is 15.9. The Morgan fingerprint density at radius 3 is 2.03 bits per heavy atom. The van der Waals surface area contributed by atoms with Crippen molar-refractivity contribution in [1.82, 2.24) is 4.98 Å². The summed E-state index contributed by atoms with van der Waals surface area (Å²) in [5.41, 5.74) is 5.14. The van der Waals surface area contributed by atoms with Gasteiger partial charge in [-0.1, -0.05) is 115 Å².